The van der Waals surface area contributed by atoms with Crippen LogP contribution in [0.25, 0.3) is 0 Å². The highest BCUT2D eigenvalue weighted by atomic mass is 127. The molecule has 0 aliphatic carbocycles. The molecule has 1 aliphatic rings. The number of benzene rings is 1. The summed E-state index contributed by atoms with van der Waals surface area (Å²) in [5.41, 5.74) is 0.829. The van der Waals surface area contributed by atoms with Crippen molar-refractivity contribution in [1.29, 1.82) is 0 Å². The number of halogens is 1. The molecule has 1 saturated heterocycles. The first-order valence-corrected chi connectivity index (χ1v) is 12.8. The van der Waals surface area contributed by atoms with Gasteiger partial charge < -0.3 is 20.1 Å². The molecular weight excluding hydrogens is 529 g/mol. The Labute approximate surface area is 204 Å². The molecule has 2 rings (SSSR count). The van der Waals surface area contributed by atoms with Gasteiger partial charge >= 0.3 is 0 Å². The topological polar surface area (TPSA) is 89.0 Å². The lowest BCUT2D eigenvalue weighted by atomic mass is 10.0. The van der Waals surface area contributed by atoms with E-state index in [2.05, 4.69) is 15.6 Å². The molecule has 0 aromatic heterocycles. The van der Waals surface area contributed by atoms with Crippen molar-refractivity contribution < 1.29 is 17.9 Å². The van der Waals surface area contributed by atoms with E-state index in [1.165, 1.54) is 0 Å². The molecule has 0 amide bonds. The van der Waals surface area contributed by atoms with E-state index in [0.29, 0.717) is 18.9 Å². The first kappa shape index (κ1) is 28.1. The summed E-state index contributed by atoms with van der Waals surface area (Å²) in [6, 6.07) is 9.30. The zero-order valence-electron chi connectivity index (χ0n) is 18.6. The summed E-state index contributed by atoms with van der Waals surface area (Å²) >= 11 is 0. The predicted molar refractivity (Wildman–Crippen MR) is 137 cm³/mol. The maximum atomic E-state index is 12.3. The molecule has 0 radical (unpaired) electrons. The maximum absolute atomic E-state index is 12.3. The molecule has 7 nitrogen and oxygen atoms in total. The highest BCUT2D eigenvalue weighted by molar-refractivity contribution is 14.0. The van der Waals surface area contributed by atoms with Gasteiger partial charge in [0.2, 0.25) is 0 Å². The van der Waals surface area contributed by atoms with Gasteiger partial charge in [0.25, 0.3) is 0 Å². The monoisotopic (exact) mass is 567 g/mol. The molecule has 2 N–H and O–H groups in total. The van der Waals surface area contributed by atoms with E-state index in [-0.39, 0.29) is 35.5 Å². The van der Waals surface area contributed by atoms with Gasteiger partial charge in [-0.25, -0.2) is 8.42 Å². The van der Waals surface area contributed by atoms with Crippen LogP contribution in [0.1, 0.15) is 38.2 Å². The van der Waals surface area contributed by atoms with E-state index in [4.69, 9.17) is 9.47 Å². The second kappa shape index (κ2) is 16.7. The van der Waals surface area contributed by atoms with Crippen LogP contribution in [0.3, 0.4) is 0 Å². The summed E-state index contributed by atoms with van der Waals surface area (Å²) in [5.74, 6) is 1.58. The van der Waals surface area contributed by atoms with Crippen LogP contribution < -0.4 is 10.6 Å². The molecule has 31 heavy (non-hydrogen) atoms. The molecule has 0 unspecified atom stereocenters. The van der Waals surface area contributed by atoms with Crippen LogP contribution in [0.4, 0.5) is 0 Å². The summed E-state index contributed by atoms with van der Waals surface area (Å²) in [4.78, 5) is 4.49. The van der Waals surface area contributed by atoms with Crippen molar-refractivity contribution >= 4 is 39.8 Å². The zero-order chi connectivity index (χ0) is 21.5. The molecule has 0 bridgehead atoms. The van der Waals surface area contributed by atoms with Gasteiger partial charge in [-0.15, -0.1) is 24.0 Å². The third-order valence-electron chi connectivity index (χ3n) is 4.91. The SMILES string of the molecule is CCNC(=NCCCS(=O)(=O)Cc1ccccc1)NCCCOCC1CCOCC1.I. The minimum absolute atomic E-state index is 0. The largest absolute Gasteiger partial charge is 0.381 e. The van der Waals surface area contributed by atoms with Gasteiger partial charge in [-0.3, -0.25) is 4.99 Å². The van der Waals surface area contributed by atoms with Crippen LogP contribution in [-0.2, 0) is 25.1 Å². The quantitative estimate of drug-likeness (QED) is 0.165. The Morgan fingerprint density at radius 3 is 2.61 bits per heavy atom. The van der Waals surface area contributed by atoms with Crippen LogP contribution in [0.2, 0.25) is 0 Å². The highest BCUT2D eigenvalue weighted by Crippen LogP contribution is 2.14. The van der Waals surface area contributed by atoms with Gasteiger partial charge in [-0.1, -0.05) is 30.3 Å². The lowest BCUT2D eigenvalue weighted by molar-refractivity contribution is 0.0203. The fraction of sp³-hybridized carbons (Fsp3) is 0.682. The fourth-order valence-corrected chi connectivity index (χ4v) is 4.68. The number of hydrogen-bond acceptors (Lipinski definition) is 5. The number of guanidine groups is 1. The second-order valence-corrected chi connectivity index (χ2v) is 9.79. The van der Waals surface area contributed by atoms with Crippen molar-refractivity contribution in [2.45, 2.75) is 38.4 Å². The third-order valence-corrected chi connectivity index (χ3v) is 6.59. The van der Waals surface area contributed by atoms with Crippen LogP contribution >= 0.6 is 24.0 Å². The normalized spacial score (nSPS) is 15.3. The summed E-state index contributed by atoms with van der Waals surface area (Å²) in [6.45, 7) is 7.26. The Morgan fingerprint density at radius 2 is 1.90 bits per heavy atom. The number of sulfone groups is 1. The van der Waals surface area contributed by atoms with Crippen molar-refractivity contribution in [3.63, 3.8) is 0 Å². The molecule has 1 aliphatic heterocycles. The number of hydrogen-bond donors (Lipinski definition) is 2. The van der Waals surface area contributed by atoms with E-state index >= 15 is 0 Å². The lowest BCUT2D eigenvalue weighted by Crippen LogP contribution is -2.38. The van der Waals surface area contributed by atoms with Gasteiger partial charge in [0.05, 0.1) is 11.5 Å². The van der Waals surface area contributed by atoms with E-state index in [1.807, 2.05) is 37.3 Å². The first-order chi connectivity index (χ1) is 14.6. The van der Waals surface area contributed by atoms with Crippen molar-refractivity contribution in [3.8, 4) is 0 Å². The Morgan fingerprint density at radius 1 is 1.16 bits per heavy atom. The average molecular weight is 568 g/mol. The summed E-state index contributed by atoms with van der Waals surface area (Å²) < 4.78 is 35.7. The molecular formula is C22H38IN3O4S. The van der Waals surface area contributed by atoms with Gasteiger partial charge in [-0.05, 0) is 44.1 Å². The number of aliphatic imine (C=N–C) groups is 1. The summed E-state index contributed by atoms with van der Waals surface area (Å²) in [7, 11) is -3.12. The van der Waals surface area contributed by atoms with Crippen LogP contribution in [0, 0.1) is 5.92 Å². The van der Waals surface area contributed by atoms with Crippen molar-refractivity contribution in [2.75, 3.05) is 51.8 Å². The molecule has 1 aromatic carbocycles. The molecule has 1 aromatic rings. The Balaban J connectivity index is 0.00000480. The van der Waals surface area contributed by atoms with Gasteiger partial charge in [0.1, 0.15) is 0 Å². The summed E-state index contributed by atoms with van der Waals surface area (Å²) in [5, 5.41) is 6.48. The number of nitrogens with one attached hydrogen (secondary N) is 2. The number of rotatable bonds is 13. The van der Waals surface area contributed by atoms with Gasteiger partial charge in [-0.2, -0.15) is 0 Å². The fourth-order valence-electron chi connectivity index (χ4n) is 3.26. The van der Waals surface area contributed by atoms with Crippen molar-refractivity contribution in [2.24, 2.45) is 10.9 Å². The van der Waals surface area contributed by atoms with E-state index < -0.39 is 9.84 Å². The molecule has 0 saturated carbocycles. The van der Waals surface area contributed by atoms with Crippen LogP contribution in [-0.4, -0.2) is 66.2 Å². The minimum Gasteiger partial charge on any atom is -0.381 e. The Hall–Kier alpha value is -0.910. The standard InChI is InChI=1S/C22H37N3O4S.HI/c1-2-23-22(24-12-6-14-29-18-20-10-15-28-16-11-20)25-13-7-17-30(26,27)19-21-8-4-3-5-9-21;/h3-5,8-9,20H,2,6-7,10-19H2,1H3,(H2,23,24,25);1H. The second-order valence-electron chi connectivity index (χ2n) is 7.60. The van der Waals surface area contributed by atoms with E-state index in [9.17, 15) is 8.42 Å². The van der Waals surface area contributed by atoms with Crippen molar-refractivity contribution in [3.05, 3.63) is 35.9 Å². The smallest absolute Gasteiger partial charge is 0.191 e. The number of ether oxygens (including phenoxy) is 2. The third kappa shape index (κ3) is 13.3. The first-order valence-electron chi connectivity index (χ1n) is 11.0. The lowest BCUT2D eigenvalue weighted by Gasteiger charge is -2.21. The summed E-state index contributed by atoms with van der Waals surface area (Å²) in [6.07, 6.45) is 3.60. The highest BCUT2D eigenvalue weighted by Gasteiger charge is 2.13. The molecule has 0 spiro atoms. The zero-order valence-corrected chi connectivity index (χ0v) is 21.7. The minimum atomic E-state index is -3.12. The molecule has 0 atom stereocenters. The Bertz CT molecular complexity index is 711. The Kier molecular flexibility index (Phi) is 15.1. The molecule has 1 heterocycles. The van der Waals surface area contributed by atoms with E-state index in [0.717, 1.165) is 70.3 Å². The van der Waals surface area contributed by atoms with Crippen LogP contribution in [0.15, 0.2) is 35.3 Å². The van der Waals surface area contributed by atoms with Crippen molar-refractivity contribution in [1.82, 2.24) is 10.6 Å². The van der Waals surface area contributed by atoms with Gasteiger partial charge in [0.15, 0.2) is 15.8 Å². The molecule has 178 valence electrons. The molecule has 1 fully saturated rings. The average Bonchev–Trinajstić information content (AvgIpc) is 2.74. The van der Waals surface area contributed by atoms with Crippen LogP contribution in [0.5, 0.6) is 0 Å². The number of nitrogens with zero attached hydrogens (tertiary/aromatic N) is 1. The van der Waals surface area contributed by atoms with Gasteiger partial charge in [0, 0.05) is 46.1 Å². The predicted octanol–water partition coefficient (Wildman–Crippen LogP) is 3.00. The molecule has 9 heteroatoms. The van der Waals surface area contributed by atoms with E-state index in [1.54, 1.807) is 0 Å². The maximum Gasteiger partial charge on any atom is 0.191 e.